The molecule has 1 aromatic rings. The van der Waals surface area contributed by atoms with Crippen LogP contribution in [0.2, 0.25) is 0 Å². The van der Waals surface area contributed by atoms with Crippen LogP contribution in [-0.4, -0.2) is 48.2 Å². The van der Waals surface area contributed by atoms with Crippen molar-refractivity contribution in [1.82, 2.24) is 9.88 Å². The average molecular weight is 390 g/mol. The van der Waals surface area contributed by atoms with Crippen molar-refractivity contribution >= 4 is 30.7 Å². The first-order valence-electron chi connectivity index (χ1n) is 6.88. The Morgan fingerprint density at radius 1 is 1.46 bits per heavy atom. The maximum atomic E-state index is 12.5. The second-order valence-corrected chi connectivity index (χ2v) is 5.75. The molecule has 1 aliphatic heterocycles. The van der Waals surface area contributed by atoms with Crippen molar-refractivity contribution in [3.05, 3.63) is 24.0 Å². The topological polar surface area (TPSA) is 68.5 Å². The summed E-state index contributed by atoms with van der Waals surface area (Å²) in [5.74, 6) is -0.596. The van der Waals surface area contributed by atoms with E-state index in [-0.39, 0.29) is 41.7 Å². The Bertz CT molecular complexity index is 560. The number of carbonyl (C=O) groups excluding carboxylic acids is 1. The molecule has 1 unspecified atom stereocenters. The van der Waals surface area contributed by atoms with E-state index in [9.17, 15) is 18.0 Å². The maximum absolute atomic E-state index is 12.5. The smallest absolute Gasteiger partial charge is 0.422 e. The highest BCUT2D eigenvalue weighted by Gasteiger charge is 2.37. The fourth-order valence-corrected chi connectivity index (χ4v) is 2.34. The van der Waals surface area contributed by atoms with Crippen LogP contribution in [0, 0.1) is 5.41 Å². The first-order chi connectivity index (χ1) is 10.2. The summed E-state index contributed by atoms with van der Waals surface area (Å²) in [6.45, 7) is 1.91. The number of hydrogen-bond donors (Lipinski definition) is 1. The molecule has 0 aliphatic carbocycles. The summed E-state index contributed by atoms with van der Waals surface area (Å²) >= 11 is 0. The Morgan fingerprint density at radius 2 is 2.12 bits per heavy atom. The summed E-state index contributed by atoms with van der Waals surface area (Å²) in [5, 5.41) is 0. The van der Waals surface area contributed by atoms with Gasteiger partial charge in [-0.25, -0.2) is 4.98 Å². The molecule has 1 aliphatic rings. The largest absolute Gasteiger partial charge is 0.482 e. The number of ether oxygens (including phenoxy) is 1. The zero-order chi connectivity index (χ0) is 16.4. The highest BCUT2D eigenvalue weighted by Crippen LogP contribution is 2.30. The van der Waals surface area contributed by atoms with Crippen LogP contribution < -0.4 is 10.5 Å². The number of aromatic nitrogens is 1. The number of rotatable bonds is 4. The number of likely N-dealkylation sites (tertiary alicyclic amines) is 1. The lowest BCUT2D eigenvalue weighted by Crippen LogP contribution is -2.35. The molecule has 0 radical (unpaired) electrons. The first kappa shape index (κ1) is 22.8. The van der Waals surface area contributed by atoms with Crippen LogP contribution in [0.5, 0.6) is 5.75 Å². The van der Waals surface area contributed by atoms with Gasteiger partial charge in [-0.1, -0.05) is 6.92 Å². The van der Waals surface area contributed by atoms with Crippen LogP contribution >= 0.6 is 24.8 Å². The summed E-state index contributed by atoms with van der Waals surface area (Å²) in [5.41, 5.74) is 5.42. The van der Waals surface area contributed by atoms with Gasteiger partial charge in [0.05, 0.1) is 0 Å². The van der Waals surface area contributed by atoms with E-state index < -0.39 is 18.7 Å². The van der Waals surface area contributed by atoms with Gasteiger partial charge in [-0.15, -0.1) is 24.8 Å². The molecule has 2 N–H and O–H groups in total. The van der Waals surface area contributed by atoms with Crippen molar-refractivity contribution < 1.29 is 22.7 Å². The molecule has 138 valence electrons. The third-order valence-corrected chi connectivity index (χ3v) is 3.70. The van der Waals surface area contributed by atoms with Crippen molar-refractivity contribution in [1.29, 1.82) is 0 Å². The molecule has 1 saturated heterocycles. The number of pyridine rings is 1. The van der Waals surface area contributed by atoms with Gasteiger partial charge in [-0.3, -0.25) is 4.79 Å². The Hall–Kier alpha value is -1.25. The Labute approximate surface area is 150 Å². The number of alkyl halides is 3. The molecule has 0 spiro atoms. The molecule has 0 aromatic carbocycles. The molecular formula is C14H20Cl2F3N3O2. The van der Waals surface area contributed by atoms with Crippen LogP contribution in [0.25, 0.3) is 0 Å². The molecule has 5 nitrogen and oxygen atoms in total. The van der Waals surface area contributed by atoms with Crippen molar-refractivity contribution in [3.63, 3.8) is 0 Å². The van der Waals surface area contributed by atoms with Gasteiger partial charge >= 0.3 is 6.18 Å². The van der Waals surface area contributed by atoms with E-state index in [1.807, 2.05) is 6.92 Å². The quantitative estimate of drug-likeness (QED) is 0.859. The number of hydrogen-bond acceptors (Lipinski definition) is 4. The lowest BCUT2D eigenvalue weighted by atomic mass is 9.90. The average Bonchev–Trinajstić information content (AvgIpc) is 2.87. The van der Waals surface area contributed by atoms with Crippen molar-refractivity contribution in [2.24, 2.45) is 11.1 Å². The SMILES string of the molecule is CC1(CN)CCN(C(=O)c2ncccc2OCC(F)(F)F)C1.Cl.Cl. The van der Waals surface area contributed by atoms with E-state index in [2.05, 4.69) is 4.98 Å². The predicted octanol–water partition coefficient (Wildman–Crippen LogP) is 2.68. The Balaban J connectivity index is 0.00000264. The summed E-state index contributed by atoms with van der Waals surface area (Å²) in [7, 11) is 0. The van der Waals surface area contributed by atoms with Gasteiger partial charge in [-0.2, -0.15) is 13.2 Å². The standard InChI is InChI=1S/C14H18F3N3O2.2ClH/c1-13(7-18)4-6-20(8-13)12(21)11-10(3-2-5-19-11)22-9-14(15,16)17;;/h2-3,5H,4,6-9,18H2,1H3;2*1H. The highest BCUT2D eigenvalue weighted by molar-refractivity contribution is 5.95. The fourth-order valence-electron chi connectivity index (χ4n) is 2.34. The molecular weight excluding hydrogens is 370 g/mol. The highest BCUT2D eigenvalue weighted by atomic mass is 35.5. The molecule has 2 heterocycles. The molecule has 1 atom stereocenters. The van der Waals surface area contributed by atoms with E-state index in [1.54, 1.807) is 4.90 Å². The molecule has 1 fully saturated rings. The normalized spacial score (nSPS) is 20.1. The summed E-state index contributed by atoms with van der Waals surface area (Å²) in [4.78, 5) is 17.9. The molecule has 2 rings (SSSR count). The lowest BCUT2D eigenvalue weighted by molar-refractivity contribution is -0.153. The van der Waals surface area contributed by atoms with E-state index in [0.717, 1.165) is 6.42 Å². The van der Waals surface area contributed by atoms with Crippen LogP contribution in [0.3, 0.4) is 0 Å². The van der Waals surface area contributed by atoms with E-state index >= 15 is 0 Å². The maximum Gasteiger partial charge on any atom is 0.422 e. The van der Waals surface area contributed by atoms with Gasteiger partial charge in [0.1, 0.15) is 0 Å². The number of nitrogens with two attached hydrogens (primary N) is 1. The second kappa shape index (κ2) is 8.73. The minimum Gasteiger partial charge on any atom is -0.482 e. The lowest BCUT2D eigenvalue weighted by Gasteiger charge is -2.22. The molecule has 0 saturated carbocycles. The van der Waals surface area contributed by atoms with E-state index in [0.29, 0.717) is 19.6 Å². The van der Waals surface area contributed by atoms with E-state index in [1.165, 1.54) is 18.3 Å². The van der Waals surface area contributed by atoms with Crippen molar-refractivity contribution in [3.8, 4) is 5.75 Å². The van der Waals surface area contributed by atoms with Gasteiger partial charge in [0, 0.05) is 19.3 Å². The number of halogens is 5. The summed E-state index contributed by atoms with van der Waals surface area (Å²) < 4.78 is 41.5. The van der Waals surface area contributed by atoms with Crippen LogP contribution in [-0.2, 0) is 0 Å². The van der Waals surface area contributed by atoms with Crippen LogP contribution in [0.15, 0.2) is 18.3 Å². The third kappa shape index (κ3) is 5.68. The molecule has 10 heteroatoms. The van der Waals surface area contributed by atoms with Gasteiger partial charge in [-0.05, 0) is 30.5 Å². The third-order valence-electron chi connectivity index (χ3n) is 3.70. The van der Waals surface area contributed by atoms with Gasteiger partial charge in [0.15, 0.2) is 18.1 Å². The number of amides is 1. The van der Waals surface area contributed by atoms with Crippen LogP contribution in [0.4, 0.5) is 13.2 Å². The predicted molar refractivity (Wildman–Crippen MR) is 88.0 cm³/mol. The molecule has 24 heavy (non-hydrogen) atoms. The second-order valence-electron chi connectivity index (χ2n) is 5.75. The molecule has 1 aromatic heterocycles. The number of nitrogens with zero attached hydrogens (tertiary/aromatic N) is 2. The van der Waals surface area contributed by atoms with Crippen molar-refractivity contribution in [2.45, 2.75) is 19.5 Å². The summed E-state index contributed by atoms with van der Waals surface area (Å²) in [6, 6.07) is 2.74. The minimum atomic E-state index is -4.47. The first-order valence-corrected chi connectivity index (χ1v) is 6.88. The van der Waals surface area contributed by atoms with Gasteiger partial charge < -0.3 is 15.4 Å². The van der Waals surface area contributed by atoms with Gasteiger partial charge in [0.25, 0.3) is 5.91 Å². The van der Waals surface area contributed by atoms with Crippen molar-refractivity contribution in [2.75, 3.05) is 26.2 Å². The zero-order valence-electron chi connectivity index (χ0n) is 13.0. The number of carbonyl (C=O) groups is 1. The van der Waals surface area contributed by atoms with Gasteiger partial charge in [0.2, 0.25) is 0 Å². The van der Waals surface area contributed by atoms with Crippen LogP contribution in [0.1, 0.15) is 23.8 Å². The zero-order valence-corrected chi connectivity index (χ0v) is 14.6. The summed E-state index contributed by atoms with van der Waals surface area (Å²) in [6.07, 6.45) is -2.37. The Morgan fingerprint density at radius 3 is 2.67 bits per heavy atom. The minimum absolute atomic E-state index is 0. The molecule has 1 amide bonds. The molecule has 0 bridgehead atoms. The fraction of sp³-hybridized carbons (Fsp3) is 0.571. The van der Waals surface area contributed by atoms with E-state index in [4.69, 9.17) is 10.5 Å². The Kier molecular flexibility index (Phi) is 8.28. The monoisotopic (exact) mass is 389 g/mol.